The minimum atomic E-state index is -1.19. The summed E-state index contributed by atoms with van der Waals surface area (Å²) in [6.07, 6.45) is 2.11. The third-order valence-electron chi connectivity index (χ3n) is 3.61. The number of amides is 1. The van der Waals surface area contributed by atoms with E-state index >= 15 is 0 Å². The third-order valence-corrected chi connectivity index (χ3v) is 3.61. The predicted octanol–water partition coefficient (Wildman–Crippen LogP) is 2.93. The molecule has 1 aromatic carbocycles. The molecular weight excluding hydrogens is 278 g/mol. The van der Waals surface area contributed by atoms with Crippen LogP contribution in [0.25, 0.3) is 0 Å². The molecule has 0 saturated carbocycles. The second kappa shape index (κ2) is 7.27. The van der Waals surface area contributed by atoms with Gasteiger partial charge in [-0.2, -0.15) is 0 Å². The number of nitrogens with one attached hydrogen (secondary N) is 1. The van der Waals surface area contributed by atoms with E-state index in [9.17, 15) is 9.90 Å². The molecule has 0 aliphatic rings. The number of hydrogen-bond acceptors (Lipinski definition) is 3. The first-order chi connectivity index (χ1) is 10.5. The van der Waals surface area contributed by atoms with Gasteiger partial charge in [0.15, 0.2) is 0 Å². The molecule has 0 spiro atoms. The molecule has 2 N–H and O–H groups in total. The zero-order valence-corrected chi connectivity index (χ0v) is 13.1. The van der Waals surface area contributed by atoms with Gasteiger partial charge < -0.3 is 14.8 Å². The topological polar surface area (TPSA) is 62.5 Å². The number of aryl methyl sites for hydroxylation is 2. The first kappa shape index (κ1) is 16.3. The molecule has 1 heterocycles. The molecule has 2 rings (SSSR count). The number of hydrogen-bond donors (Lipinski definition) is 2. The van der Waals surface area contributed by atoms with Gasteiger partial charge in [0.1, 0.15) is 17.1 Å². The molecular formula is C18H23NO3. The van der Waals surface area contributed by atoms with Crippen molar-refractivity contribution in [3.8, 4) is 0 Å². The summed E-state index contributed by atoms with van der Waals surface area (Å²) >= 11 is 0. The lowest BCUT2D eigenvalue weighted by Crippen LogP contribution is -2.38. The molecule has 4 heteroatoms. The van der Waals surface area contributed by atoms with Crippen LogP contribution in [0.15, 0.2) is 46.9 Å². The Labute approximate surface area is 131 Å². The Morgan fingerprint density at radius 1 is 1.23 bits per heavy atom. The molecule has 1 unspecified atom stereocenters. The lowest BCUT2D eigenvalue weighted by molar-refractivity contribution is -0.122. The first-order valence-corrected chi connectivity index (χ1v) is 7.57. The molecule has 0 fully saturated rings. The first-order valence-electron chi connectivity index (χ1n) is 7.57. The highest BCUT2D eigenvalue weighted by Gasteiger charge is 2.27. The van der Waals surface area contributed by atoms with Crippen LogP contribution in [0, 0.1) is 6.92 Å². The van der Waals surface area contributed by atoms with Crippen molar-refractivity contribution >= 4 is 5.91 Å². The standard InChI is InChI=1S/C18H23NO3/c1-14-11-12-16(22-14)18(2,21)13-19-17(20)10-6-9-15-7-4-3-5-8-15/h3-5,7-8,11-12,21H,6,9-10,13H2,1-2H3,(H,19,20). The van der Waals surface area contributed by atoms with Crippen molar-refractivity contribution in [1.82, 2.24) is 5.32 Å². The molecule has 1 amide bonds. The summed E-state index contributed by atoms with van der Waals surface area (Å²) in [5.74, 6) is 1.15. The Bertz CT molecular complexity index is 602. The lowest BCUT2D eigenvalue weighted by Gasteiger charge is -2.21. The van der Waals surface area contributed by atoms with Crippen LogP contribution in [0.4, 0.5) is 0 Å². The van der Waals surface area contributed by atoms with Crippen LogP contribution in [0.1, 0.15) is 36.8 Å². The van der Waals surface area contributed by atoms with E-state index in [-0.39, 0.29) is 12.5 Å². The number of rotatable bonds is 7. The summed E-state index contributed by atoms with van der Waals surface area (Å²) < 4.78 is 5.42. The normalized spacial score (nSPS) is 13.6. The van der Waals surface area contributed by atoms with E-state index in [1.165, 1.54) is 5.56 Å². The van der Waals surface area contributed by atoms with Crippen LogP contribution in [-0.4, -0.2) is 17.6 Å². The molecule has 1 atom stereocenters. The van der Waals surface area contributed by atoms with Crippen molar-refractivity contribution in [1.29, 1.82) is 0 Å². The highest BCUT2D eigenvalue weighted by atomic mass is 16.4. The molecule has 2 aromatic rings. The quantitative estimate of drug-likeness (QED) is 0.826. The van der Waals surface area contributed by atoms with Gasteiger partial charge in [-0.3, -0.25) is 4.79 Å². The molecule has 4 nitrogen and oxygen atoms in total. The molecule has 0 radical (unpaired) electrons. The molecule has 0 saturated heterocycles. The van der Waals surface area contributed by atoms with Crippen molar-refractivity contribution in [3.05, 3.63) is 59.5 Å². The fourth-order valence-electron chi connectivity index (χ4n) is 2.27. The maximum atomic E-state index is 11.9. The summed E-state index contributed by atoms with van der Waals surface area (Å²) in [5.41, 5.74) is 0.0388. The molecule has 22 heavy (non-hydrogen) atoms. The van der Waals surface area contributed by atoms with Crippen molar-refractivity contribution < 1.29 is 14.3 Å². The Balaban J connectivity index is 1.73. The number of benzene rings is 1. The van der Waals surface area contributed by atoms with Crippen LogP contribution in [0.3, 0.4) is 0 Å². The monoisotopic (exact) mass is 301 g/mol. The van der Waals surface area contributed by atoms with E-state index in [2.05, 4.69) is 17.4 Å². The van der Waals surface area contributed by atoms with Gasteiger partial charge in [0, 0.05) is 6.42 Å². The van der Waals surface area contributed by atoms with Gasteiger partial charge in [-0.25, -0.2) is 0 Å². The van der Waals surface area contributed by atoms with Gasteiger partial charge in [-0.05, 0) is 44.4 Å². The van der Waals surface area contributed by atoms with E-state index in [4.69, 9.17) is 4.42 Å². The van der Waals surface area contributed by atoms with Crippen molar-refractivity contribution in [3.63, 3.8) is 0 Å². The minimum Gasteiger partial charge on any atom is -0.463 e. The summed E-state index contributed by atoms with van der Waals surface area (Å²) in [6.45, 7) is 3.60. The smallest absolute Gasteiger partial charge is 0.220 e. The molecule has 0 aliphatic carbocycles. The Hall–Kier alpha value is -2.07. The van der Waals surface area contributed by atoms with Gasteiger partial charge in [0.2, 0.25) is 5.91 Å². The second-order valence-electron chi connectivity index (χ2n) is 5.80. The number of carbonyl (C=O) groups is 1. The third kappa shape index (κ3) is 4.74. The highest BCUT2D eigenvalue weighted by Crippen LogP contribution is 2.21. The highest BCUT2D eigenvalue weighted by molar-refractivity contribution is 5.75. The fraction of sp³-hybridized carbons (Fsp3) is 0.389. The van der Waals surface area contributed by atoms with Crippen molar-refractivity contribution in [2.75, 3.05) is 6.54 Å². The van der Waals surface area contributed by atoms with Crippen LogP contribution in [0.5, 0.6) is 0 Å². The molecule has 1 aromatic heterocycles. The van der Waals surface area contributed by atoms with Gasteiger partial charge in [-0.15, -0.1) is 0 Å². The average Bonchev–Trinajstić information content (AvgIpc) is 2.94. The van der Waals surface area contributed by atoms with Crippen molar-refractivity contribution in [2.24, 2.45) is 0 Å². The zero-order chi connectivity index (χ0) is 16.0. The van der Waals surface area contributed by atoms with E-state index in [1.807, 2.05) is 25.1 Å². The Morgan fingerprint density at radius 3 is 2.59 bits per heavy atom. The molecule has 118 valence electrons. The average molecular weight is 301 g/mol. The number of carbonyl (C=O) groups excluding carboxylic acids is 1. The van der Waals surface area contributed by atoms with Crippen molar-refractivity contribution in [2.45, 2.75) is 38.7 Å². The maximum Gasteiger partial charge on any atom is 0.220 e. The van der Waals surface area contributed by atoms with Gasteiger partial charge >= 0.3 is 0 Å². The van der Waals surface area contributed by atoms with Crippen LogP contribution >= 0.6 is 0 Å². The number of aliphatic hydroxyl groups is 1. The predicted molar refractivity (Wildman–Crippen MR) is 85.4 cm³/mol. The lowest BCUT2D eigenvalue weighted by atomic mass is 10.0. The Kier molecular flexibility index (Phi) is 5.39. The number of furan rings is 1. The fourth-order valence-corrected chi connectivity index (χ4v) is 2.27. The summed E-state index contributed by atoms with van der Waals surface area (Å²) in [4.78, 5) is 11.9. The second-order valence-corrected chi connectivity index (χ2v) is 5.80. The summed E-state index contributed by atoms with van der Waals surface area (Å²) in [6, 6.07) is 13.6. The van der Waals surface area contributed by atoms with Gasteiger partial charge in [0.05, 0.1) is 6.54 Å². The molecule has 0 aliphatic heterocycles. The largest absolute Gasteiger partial charge is 0.463 e. The Morgan fingerprint density at radius 2 is 1.95 bits per heavy atom. The summed E-state index contributed by atoms with van der Waals surface area (Å²) in [5, 5.41) is 13.1. The SMILES string of the molecule is Cc1ccc(C(C)(O)CNC(=O)CCCc2ccccc2)o1. The minimum absolute atomic E-state index is 0.0560. The van der Waals surface area contributed by atoms with E-state index in [1.54, 1.807) is 19.1 Å². The van der Waals surface area contributed by atoms with Crippen LogP contribution in [-0.2, 0) is 16.8 Å². The maximum absolute atomic E-state index is 11.9. The van der Waals surface area contributed by atoms with Crippen LogP contribution in [0.2, 0.25) is 0 Å². The zero-order valence-electron chi connectivity index (χ0n) is 13.1. The molecule has 0 bridgehead atoms. The van der Waals surface area contributed by atoms with Crippen LogP contribution < -0.4 is 5.32 Å². The van der Waals surface area contributed by atoms with Gasteiger partial charge in [-0.1, -0.05) is 30.3 Å². The van der Waals surface area contributed by atoms with Gasteiger partial charge in [0.25, 0.3) is 0 Å². The summed E-state index contributed by atoms with van der Waals surface area (Å²) in [7, 11) is 0. The van der Waals surface area contributed by atoms with E-state index in [0.29, 0.717) is 12.2 Å². The van der Waals surface area contributed by atoms with E-state index < -0.39 is 5.60 Å². The van der Waals surface area contributed by atoms with E-state index in [0.717, 1.165) is 18.6 Å².